The molecule has 142 valence electrons. The molecule has 0 radical (unpaired) electrons. The molecule has 1 saturated heterocycles. The minimum atomic E-state index is 0.0406. The van der Waals surface area contributed by atoms with Crippen molar-refractivity contribution in [2.24, 2.45) is 5.92 Å². The first kappa shape index (κ1) is 17.8. The normalized spacial score (nSPS) is 17.7. The molecule has 2 aliphatic heterocycles. The predicted octanol–water partition coefficient (Wildman–Crippen LogP) is 2.07. The van der Waals surface area contributed by atoms with Gasteiger partial charge in [0.25, 0.3) is 0 Å². The van der Waals surface area contributed by atoms with Gasteiger partial charge in [-0.05, 0) is 24.5 Å². The van der Waals surface area contributed by atoms with Gasteiger partial charge in [0.05, 0.1) is 24.5 Å². The molecule has 1 aromatic carbocycles. The second-order valence-electron chi connectivity index (χ2n) is 7.55. The van der Waals surface area contributed by atoms with E-state index in [1.54, 1.807) is 6.92 Å². The van der Waals surface area contributed by atoms with E-state index in [4.69, 9.17) is 5.10 Å². The highest BCUT2D eigenvalue weighted by Gasteiger charge is 2.31. The Kier molecular flexibility index (Phi) is 4.97. The molecule has 0 aliphatic carbocycles. The lowest BCUT2D eigenvalue weighted by Gasteiger charge is -2.35. The summed E-state index contributed by atoms with van der Waals surface area (Å²) in [7, 11) is 0. The molecule has 0 atom stereocenters. The summed E-state index contributed by atoms with van der Waals surface area (Å²) in [5.74, 6) is 0.378. The number of carbonyl (C=O) groups excluding carboxylic acids is 2. The minimum absolute atomic E-state index is 0.0406. The number of fused-ring (bicyclic) bond motifs is 1. The molecule has 0 N–H and O–H groups in total. The second-order valence-corrected chi connectivity index (χ2v) is 7.55. The van der Waals surface area contributed by atoms with Crippen molar-refractivity contribution >= 4 is 11.8 Å². The van der Waals surface area contributed by atoms with Gasteiger partial charge in [-0.3, -0.25) is 14.3 Å². The molecular formula is C21H26N4O2. The average molecular weight is 366 g/mol. The van der Waals surface area contributed by atoms with E-state index in [2.05, 4.69) is 18.2 Å². The van der Waals surface area contributed by atoms with Crippen LogP contribution in [0.2, 0.25) is 0 Å². The van der Waals surface area contributed by atoms with Crippen LogP contribution in [0, 0.1) is 5.92 Å². The van der Waals surface area contributed by atoms with Gasteiger partial charge in [0.15, 0.2) is 0 Å². The van der Waals surface area contributed by atoms with Crippen LogP contribution < -0.4 is 0 Å². The van der Waals surface area contributed by atoms with Crippen molar-refractivity contribution in [3.8, 4) is 0 Å². The molecule has 4 rings (SSSR count). The smallest absolute Gasteiger partial charge is 0.226 e. The molecule has 6 heteroatoms. The van der Waals surface area contributed by atoms with Gasteiger partial charge in [0.2, 0.25) is 11.8 Å². The zero-order valence-corrected chi connectivity index (χ0v) is 15.8. The van der Waals surface area contributed by atoms with Gasteiger partial charge in [0, 0.05) is 38.9 Å². The van der Waals surface area contributed by atoms with Gasteiger partial charge in [-0.15, -0.1) is 0 Å². The van der Waals surface area contributed by atoms with E-state index in [1.165, 1.54) is 5.56 Å². The number of rotatable bonds is 3. The summed E-state index contributed by atoms with van der Waals surface area (Å²) in [5, 5.41) is 4.72. The number of piperidine rings is 1. The lowest BCUT2D eigenvalue weighted by molar-refractivity contribution is -0.141. The molecule has 2 aliphatic rings. The molecule has 0 saturated carbocycles. The molecule has 1 aromatic heterocycles. The van der Waals surface area contributed by atoms with Crippen molar-refractivity contribution in [1.82, 2.24) is 19.6 Å². The number of hydrogen-bond donors (Lipinski definition) is 0. The summed E-state index contributed by atoms with van der Waals surface area (Å²) in [6, 6.07) is 12.5. The predicted molar refractivity (Wildman–Crippen MR) is 102 cm³/mol. The number of nitrogens with zero attached hydrogens (tertiary/aromatic N) is 4. The van der Waals surface area contributed by atoms with Crippen molar-refractivity contribution in [3.05, 3.63) is 53.3 Å². The Hall–Kier alpha value is -2.63. The van der Waals surface area contributed by atoms with Crippen LogP contribution in [-0.4, -0.2) is 51.0 Å². The van der Waals surface area contributed by atoms with E-state index in [-0.39, 0.29) is 17.7 Å². The van der Waals surface area contributed by atoms with E-state index < -0.39 is 0 Å². The largest absolute Gasteiger partial charge is 0.343 e. The molecule has 2 amide bonds. The Labute approximate surface area is 159 Å². The fourth-order valence-corrected chi connectivity index (χ4v) is 4.10. The fourth-order valence-electron chi connectivity index (χ4n) is 4.10. The van der Waals surface area contributed by atoms with E-state index in [9.17, 15) is 9.59 Å². The topological polar surface area (TPSA) is 58.4 Å². The Balaban J connectivity index is 1.38. The second kappa shape index (κ2) is 7.55. The van der Waals surface area contributed by atoms with Crippen molar-refractivity contribution in [2.45, 2.75) is 39.3 Å². The fraction of sp³-hybridized carbons (Fsp3) is 0.476. The van der Waals surface area contributed by atoms with E-state index in [0.29, 0.717) is 26.2 Å². The monoisotopic (exact) mass is 366 g/mol. The van der Waals surface area contributed by atoms with Crippen LogP contribution in [0.3, 0.4) is 0 Å². The van der Waals surface area contributed by atoms with E-state index in [0.717, 1.165) is 37.2 Å². The van der Waals surface area contributed by atoms with Gasteiger partial charge >= 0.3 is 0 Å². The van der Waals surface area contributed by atoms with Crippen molar-refractivity contribution in [1.29, 1.82) is 0 Å². The molecule has 0 unspecified atom stereocenters. The minimum Gasteiger partial charge on any atom is -0.343 e. The summed E-state index contributed by atoms with van der Waals surface area (Å²) in [6.45, 7) is 5.08. The highest BCUT2D eigenvalue weighted by molar-refractivity contribution is 5.79. The summed E-state index contributed by atoms with van der Waals surface area (Å²) < 4.78 is 2.04. The number of likely N-dealkylation sites (tertiary alicyclic amines) is 1. The van der Waals surface area contributed by atoms with Crippen molar-refractivity contribution < 1.29 is 9.59 Å². The summed E-state index contributed by atoms with van der Waals surface area (Å²) in [5.41, 5.74) is 3.42. The zero-order chi connectivity index (χ0) is 18.8. The third kappa shape index (κ3) is 3.89. The average Bonchev–Trinajstić information content (AvgIpc) is 3.09. The molecule has 6 nitrogen and oxygen atoms in total. The Morgan fingerprint density at radius 3 is 2.48 bits per heavy atom. The Morgan fingerprint density at radius 2 is 1.78 bits per heavy atom. The summed E-state index contributed by atoms with van der Waals surface area (Å²) >= 11 is 0. The quantitative estimate of drug-likeness (QED) is 0.836. The number of hydrogen-bond acceptors (Lipinski definition) is 3. The molecule has 3 heterocycles. The zero-order valence-electron chi connectivity index (χ0n) is 15.8. The number of benzene rings is 1. The van der Waals surface area contributed by atoms with Gasteiger partial charge in [-0.1, -0.05) is 30.3 Å². The first-order valence-corrected chi connectivity index (χ1v) is 9.74. The van der Waals surface area contributed by atoms with Crippen LogP contribution in [0.1, 0.15) is 36.7 Å². The van der Waals surface area contributed by atoms with E-state index >= 15 is 0 Å². The van der Waals surface area contributed by atoms with Crippen LogP contribution in [0.15, 0.2) is 36.4 Å². The number of amides is 2. The van der Waals surface area contributed by atoms with Crippen LogP contribution in [0.4, 0.5) is 0 Å². The standard InChI is InChI=1S/C21H26N4O2/c1-16(26)23-9-7-18(8-10-23)21(27)24-11-12-25-20(15-24)14-19(22-25)13-17-5-3-2-4-6-17/h2-6,14,18H,7-13,15H2,1H3. The summed E-state index contributed by atoms with van der Waals surface area (Å²) in [6.07, 6.45) is 2.36. The van der Waals surface area contributed by atoms with Crippen molar-refractivity contribution in [3.63, 3.8) is 0 Å². The van der Waals surface area contributed by atoms with Gasteiger partial charge in [-0.2, -0.15) is 5.10 Å². The third-order valence-electron chi connectivity index (χ3n) is 5.68. The first-order valence-electron chi connectivity index (χ1n) is 9.74. The molecule has 0 spiro atoms. The molecule has 1 fully saturated rings. The lowest BCUT2D eigenvalue weighted by atomic mass is 9.95. The highest BCUT2D eigenvalue weighted by Crippen LogP contribution is 2.23. The van der Waals surface area contributed by atoms with Gasteiger partial charge in [0.1, 0.15) is 0 Å². The molecule has 27 heavy (non-hydrogen) atoms. The number of carbonyl (C=O) groups is 2. The van der Waals surface area contributed by atoms with Crippen LogP contribution in [0.5, 0.6) is 0 Å². The Bertz CT molecular complexity index is 822. The maximum atomic E-state index is 12.9. The van der Waals surface area contributed by atoms with E-state index in [1.807, 2.05) is 32.7 Å². The molecular weight excluding hydrogens is 340 g/mol. The van der Waals surface area contributed by atoms with Crippen LogP contribution in [-0.2, 0) is 29.1 Å². The highest BCUT2D eigenvalue weighted by atomic mass is 16.2. The van der Waals surface area contributed by atoms with Gasteiger partial charge in [-0.25, -0.2) is 0 Å². The van der Waals surface area contributed by atoms with Crippen molar-refractivity contribution in [2.75, 3.05) is 19.6 Å². The number of aromatic nitrogens is 2. The summed E-state index contributed by atoms with van der Waals surface area (Å²) in [4.78, 5) is 28.2. The maximum absolute atomic E-state index is 12.9. The maximum Gasteiger partial charge on any atom is 0.226 e. The molecule has 0 bridgehead atoms. The van der Waals surface area contributed by atoms with Gasteiger partial charge < -0.3 is 9.80 Å². The lowest BCUT2D eigenvalue weighted by Crippen LogP contribution is -2.46. The SMILES string of the molecule is CC(=O)N1CCC(C(=O)N2CCn3nc(Cc4ccccc4)cc3C2)CC1. The van der Waals surface area contributed by atoms with Crippen LogP contribution >= 0.6 is 0 Å². The third-order valence-corrected chi connectivity index (χ3v) is 5.68. The van der Waals surface area contributed by atoms with Crippen LogP contribution in [0.25, 0.3) is 0 Å². The molecule has 2 aromatic rings. The Morgan fingerprint density at radius 1 is 1.04 bits per heavy atom. The first-order chi connectivity index (χ1) is 13.1.